The van der Waals surface area contributed by atoms with E-state index in [1.54, 1.807) is 23.6 Å². The normalized spacial score (nSPS) is 11.6. The maximum atomic E-state index is 12.8. The monoisotopic (exact) mass is 384 g/mol. The van der Waals surface area contributed by atoms with E-state index in [0.717, 1.165) is 16.9 Å². The van der Waals surface area contributed by atoms with Gasteiger partial charge in [0.1, 0.15) is 6.04 Å². The zero-order valence-electron chi connectivity index (χ0n) is 16.1. The van der Waals surface area contributed by atoms with Gasteiger partial charge in [-0.1, -0.05) is 48.5 Å². The molecule has 5 heteroatoms. The maximum absolute atomic E-state index is 12.8. The van der Waals surface area contributed by atoms with Crippen LogP contribution < -0.4 is 5.32 Å². The molecule has 0 aliphatic heterocycles. The van der Waals surface area contributed by atoms with Crippen molar-refractivity contribution in [1.29, 1.82) is 0 Å². The number of hydrogen-bond donors (Lipinski definition) is 1. The van der Waals surface area contributed by atoms with Crippen LogP contribution in [0.25, 0.3) is 0 Å². The lowest BCUT2D eigenvalue weighted by molar-refractivity contribution is -0.139. The summed E-state index contributed by atoms with van der Waals surface area (Å²) in [6.45, 7) is 4.79. The molecule has 0 fully saturated rings. The van der Waals surface area contributed by atoms with Crippen molar-refractivity contribution in [3.63, 3.8) is 0 Å². The first-order chi connectivity index (χ1) is 13.1. The quantitative estimate of drug-likeness (QED) is 0.635. The van der Waals surface area contributed by atoms with Gasteiger partial charge in [-0.15, -0.1) is 11.8 Å². The maximum Gasteiger partial charge on any atom is 0.242 e. The number of benzene rings is 2. The Balaban J connectivity index is 1.96. The average molecular weight is 385 g/mol. The fourth-order valence-corrected chi connectivity index (χ4v) is 3.67. The minimum Gasteiger partial charge on any atom is -0.355 e. The molecule has 0 aliphatic rings. The van der Waals surface area contributed by atoms with Gasteiger partial charge in [0.05, 0.1) is 0 Å². The van der Waals surface area contributed by atoms with E-state index in [1.165, 1.54) is 0 Å². The molecule has 2 aromatic rings. The molecule has 0 heterocycles. The Morgan fingerprint density at radius 1 is 1.04 bits per heavy atom. The fourth-order valence-electron chi connectivity index (χ4n) is 2.81. The highest BCUT2D eigenvalue weighted by Crippen LogP contribution is 2.18. The minimum atomic E-state index is -0.470. The van der Waals surface area contributed by atoms with Crippen molar-refractivity contribution >= 4 is 23.6 Å². The van der Waals surface area contributed by atoms with Gasteiger partial charge in [-0.3, -0.25) is 9.59 Å². The summed E-state index contributed by atoms with van der Waals surface area (Å²) >= 11 is 1.66. The molecule has 144 valence electrons. The molecular formula is C22H28N2O2S. The van der Waals surface area contributed by atoms with Gasteiger partial charge in [0.15, 0.2) is 0 Å². The molecule has 0 aliphatic carbocycles. The van der Waals surface area contributed by atoms with E-state index in [4.69, 9.17) is 0 Å². The summed E-state index contributed by atoms with van der Waals surface area (Å²) in [7, 11) is 0. The van der Waals surface area contributed by atoms with Crippen molar-refractivity contribution in [2.75, 3.05) is 18.8 Å². The van der Waals surface area contributed by atoms with Gasteiger partial charge in [0.2, 0.25) is 11.8 Å². The molecule has 0 saturated heterocycles. The smallest absolute Gasteiger partial charge is 0.242 e. The zero-order chi connectivity index (χ0) is 19.5. The molecule has 2 rings (SSSR count). The van der Waals surface area contributed by atoms with Crippen LogP contribution in [-0.2, 0) is 16.0 Å². The lowest BCUT2D eigenvalue weighted by atomic mass is 10.1. The number of nitrogens with zero attached hydrogens (tertiary/aromatic N) is 1. The highest BCUT2D eigenvalue weighted by atomic mass is 32.2. The van der Waals surface area contributed by atoms with Crippen LogP contribution >= 0.6 is 11.8 Å². The van der Waals surface area contributed by atoms with Crippen molar-refractivity contribution < 1.29 is 9.59 Å². The number of likely N-dealkylation sites (N-methyl/N-ethyl adjacent to an activating group) is 1. The number of hydrogen-bond acceptors (Lipinski definition) is 3. The molecular weight excluding hydrogens is 356 g/mol. The first-order valence-corrected chi connectivity index (χ1v) is 10.4. The largest absolute Gasteiger partial charge is 0.355 e. The van der Waals surface area contributed by atoms with Crippen LogP contribution in [0.4, 0.5) is 0 Å². The predicted molar refractivity (Wildman–Crippen MR) is 112 cm³/mol. The molecule has 1 N–H and O–H groups in total. The summed E-state index contributed by atoms with van der Waals surface area (Å²) < 4.78 is 0. The number of amides is 2. The Hall–Kier alpha value is -2.27. The highest BCUT2D eigenvalue weighted by molar-refractivity contribution is 7.99. The van der Waals surface area contributed by atoms with Crippen LogP contribution in [0.1, 0.15) is 25.8 Å². The number of carbonyl (C=O) groups excluding carboxylic acids is 2. The highest BCUT2D eigenvalue weighted by Gasteiger charge is 2.25. The molecule has 1 unspecified atom stereocenters. The summed E-state index contributed by atoms with van der Waals surface area (Å²) in [4.78, 5) is 28.0. The summed E-state index contributed by atoms with van der Waals surface area (Å²) in [5, 5.41) is 2.82. The second-order valence-electron chi connectivity index (χ2n) is 6.30. The van der Waals surface area contributed by atoms with Gasteiger partial charge in [-0.05, 0) is 38.0 Å². The molecule has 4 nitrogen and oxygen atoms in total. The second-order valence-corrected chi connectivity index (χ2v) is 7.47. The van der Waals surface area contributed by atoms with Crippen LogP contribution in [0.15, 0.2) is 65.6 Å². The third-order valence-electron chi connectivity index (χ3n) is 4.33. The van der Waals surface area contributed by atoms with Crippen LogP contribution in [0.3, 0.4) is 0 Å². The summed E-state index contributed by atoms with van der Waals surface area (Å²) in [5.74, 6) is 0.620. The van der Waals surface area contributed by atoms with Crippen molar-refractivity contribution in [2.45, 2.75) is 37.6 Å². The Morgan fingerprint density at radius 3 is 2.30 bits per heavy atom. The third-order valence-corrected chi connectivity index (χ3v) is 5.34. The van der Waals surface area contributed by atoms with Gasteiger partial charge < -0.3 is 10.2 Å². The van der Waals surface area contributed by atoms with Crippen LogP contribution in [-0.4, -0.2) is 41.6 Å². The molecule has 0 spiro atoms. The third kappa shape index (κ3) is 7.10. The van der Waals surface area contributed by atoms with Crippen LogP contribution in [0.5, 0.6) is 0 Å². The van der Waals surface area contributed by atoms with E-state index in [0.29, 0.717) is 25.3 Å². The second kappa shape index (κ2) is 11.4. The summed E-state index contributed by atoms with van der Waals surface area (Å²) in [6.07, 6.45) is 1.15. The van der Waals surface area contributed by atoms with Gasteiger partial charge >= 0.3 is 0 Å². The standard InChI is InChI=1S/C22H28N2O2S/c1-3-23-22(26)18(2)24(16-14-19-10-6-4-7-11-19)21(25)15-17-27-20-12-8-5-9-13-20/h4-13,18H,3,14-17H2,1-2H3,(H,23,26). The predicted octanol–water partition coefficient (Wildman–Crippen LogP) is 3.76. The number of nitrogens with one attached hydrogen (secondary N) is 1. The molecule has 0 aromatic heterocycles. The first-order valence-electron chi connectivity index (χ1n) is 9.40. The molecule has 2 amide bonds. The number of thioether (sulfide) groups is 1. The Bertz CT molecular complexity index is 707. The lowest BCUT2D eigenvalue weighted by Gasteiger charge is -2.28. The summed E-state index contributed by atoms with van der Waals surface area (Å²) in [5.41, 5.74) is 1.16. The zero-order valence-corrected chi connectivity index (χ0v) is 16.9. The van der Waals surface area contributed by atoms with E-state index in [1.807, 2.05) is 67.6 Å². The molecule has 0 bridgehead atoms. The van der Waals surface area contributed by atoms with E-state index in [2.05, 4.69) is 5.32 Å². The Labute approximate surface area is 166 Å². The topological polar surface area (TPSA) is 49.4 Å². The van der Waals surface area contributed by atoms with Crippen LogP contribution in [0.2, 0.25) is 0 Å². The minimum absolute atomic E-state index is 0.0214. The van der Waals surface area contributed by atoms with Crippen molar-refractivity contribution in [3.05, 3.63) is 66.2 Å². The van der Waals surface area contributed by atoms with Crippen LogP contribution in [0, 0.1) is 0 Å². The van der Waals surface area contributed by atoms with E-state index in [-0.39, 0.29) is 11.8 Å². The fraction of sp³-hybridized carbons (Fsp3) is 0.364. The Morgan fingerprint density at radius 2 is 1.67 bits per heavy atom. The van der Waals surface area contributed by atoms with Gasteiger partial charge in [-0.2, -0.15) is 0 Å². The van der Waals surface area contributed by atoms with Crippen molar-refractivity contribution in [3.8, 4) is 0 Å². The molecule has 27 heavy (non-hydrogen) atoms. The first kappa shape index (κ1) is 21.0. The SMILES string of the molecule is CCNC(=O)C(C)N(CCc1ccccc1)C(=O)CCSc1ccccc1. The molecule has 1 atom stereocenters. The average Bonchev–Trinajstić information content (AvgIpc) is 2.70. The van der Waals surface area contributed by atoms with Gasteiger partial charge in [0, 0.05) is 30.2 Å². The van der Waals surface area contributed by atoms with Crippen molar-refractivity contribution in [2.24, 2.45) is 0 Å². The molecule has 0 radical (unpaired) electrons. The lowest BCUT2D eigenvalue weighted by Crippen LogP contribution is -2.48. The number of rotatable bonds is 10. The summed E-state index contributed by atoms with van der Waals surface area (Å²) in [6, 6.07) is 19.6. The number of carbonyl (C=O) groups is 2. The molecule has 2 aromatic carbocycles. The molecule has 0 saturated carbocycles. The van der Waals surface area contributed by atoms with Gasteiger partial charge in [-0.25, -0.2) is 0 Å². The van der Waals surface area contributed by atoms with E-state index in [9.17, 15) is 9.59 Å². The van der Waals surface area contributed by atoms with Crippen molar-refractivity contribution in [1.82, 2.24) is 10.2 Å². The van der Waals surface area contributed by atoms with E-state index < -0.39 is 6.04 Å². The van der Waals surface area contributed by atoms with E-state index >= 15 is 0 Å². The Kier molecular flexibility index (Phi) is 8.92. The van der Waals surface area contributed by atoms with Gasteiger partial charge in [0.25, 0.3) is 0 Å².